The van der Waals surface area contributed by atoms with Crippen LogP contribution in [-0.4, -0.2) is 5.97 Å². The lowest BCUT2D eigenvalue weighted by atomic mass is 9.98. The fourth-order valence-electron chi connectivity index (χ4n) is 0.692. The molecule has 0 spiro atoms. The third-order valence-corrected chi connectivity index (χ3v) is 2.27. The summed E-state index contributed by atoms with van der Waals surface area (Å²) in [5.74, 6) is -0.208. The van der Waals surface area contributed by atoms with Crippen LogP contribution in [0.25, 0.3) is 0 Å². The van der Waals surface area contributed by atoms with Crippen LogP contribution in [0.15, 0.2) is 34.8 Å². The topological polar surface area (TPSA) is 26.3 Å². The number of esters is 1. The van der Waals surface area contributed by atoms with Crippen molar-refractivity contribution in [3.8, 4) is 0 Å². The number of rotatable bonds is 1. The Bertz CT molecular complexity index is 306. The Morgan fingerprint density at radius 1 is 1.29 bits per heavy atom. The predicted octanol–water partition coefficient (Wildman–Crippen LogP) is 3.23. The number of carbonyl (C=O) groups excluding carboxylic acids is 1. The normalized spacial score (nSPS) is 16.1. The van der Waals surface area contributed by atoms with Gasteiger partial charge in [-0.15, -0.1) is 0 Å². The van der Waals surface area contributed by atoms with E-state index in [0.29, 0.717) is 5.09 Å². The van der Waals surface area contributed by atoms with Crippen LogP contribution >= 0.6 is 11.8 Å². The molecule has 3 heteroatoms. The third-order valence-electron chi connectivity index (χ3n) is 1.52. The van der Waals surface area contributed by atoms with Crippen LogP contribution in [0.3, 0.4) is 0 Å². The van der Waals surface area contributed by atoms with Gasteiger partial charge in [0.15, 0.2) is 5.09 Å². The van der Waals surface area contributed by atoms with Crippen LogP contribution in [0.2, 0.25) is 0 Å². The van der Waals surface area contributed by atoms with Gasteiger partial charge in [0.05, 0.1) is 5.41 Å². The van der Waals surface area contributed by atoms with E-state index in [4.69, 9.17) is 4.74 Å². The SMILES string of the molecule is CC(C)(C)C(=O)OC1=CC=CC=CS1. The van der Waals surface area contributed by atoms with E-state index < -0.39 is 5.41 Å². The Morgan fingerprint density at radius 2 is 2.00 bits per heavy atom. The second-order valence-electron chi connectivity index (χ2n) is 3.96. The van der Waals surface area contributed by atoms with Gasteiger partial charge in [0.1, 0.15) is 0 Å². The number of carbonyl (C=O) groups is 1. The minimum atomic E-state index is -0.457. The van der Waals surface area contributed by atoms with Gasteiger partial charge in [0.2, 0.25) is 0 Å². The number of allylic oxidation sites excluding steroid dienone is 4. The summed E-state index contributed by atoms with van der Waals surface area (Å²) in [5.41, 5.74) is -0.457. The van der Waals surface area contributed by atoms with E-state index in [9.17, 15) is 4.79 Å². The molecule has 0 aromatic carbocycles. The largest absolute Gasteiger partial charge is 0.419 e. The van der Waals surface area contributed by atoms with E-state index in [-0.39, 0.29) is 5.97 Å². The van der Waals surface area contributed by atoms with Crippen molar-refractivity contribution in [2.45, 2.75) is 20.8 Å². The first-order valence-corrected chi connectivity index (χ1v) is 5.30. The smallest absolute Gasteiger partial charge is 0.317 e. The van der Waals surface area contributed by atoms with E-state index in [0.717, 1.165) is 0 Å². The summed E-state index contributed by atoms with van der Waals surface area (Å²) in [6, 6.07) is 0. The van der Waals surface area contributed by atoms with Gasteiger partial charge in [-0.05, 0) is 32.3 Å². The van der Waals surface area contributed by atoms with E-state index in [1.165, 1.54) is 11.8 Å². The first-order chi connectivity index (χ1) is 6.50. The fourth-order valence-corrected chi connectivity index (χ4v) is 1.28. The van der Waals surface area contributed by atoms with Crippen molar-refractivity contribution < 1.29 is 9.53 Å². The summed E-state index contributed by atoms with van der Waals surface area (Å²) < 4.78 is 5.22. The van der Waals surface area contributed by atoms with E-state index in [1.807, 2.05) is 44.4 Å². The standard InChI is InChI=1S/C11H14O2S/c1-11(2,3)10(12)13-9-7-5-4-6-8-14-9/h4-8H,1-3H3. The van der Waals surface area contributed by atoms with Crippen LogP contribution in [0.1, 0.15) is 20.8 Å². The molecule has 0 aromatic heterocycles. The first-order valence-electron chi connectivity index (χ1n) is 4.42. The zero-order chi connectivity index (χ0) is 10.6. The van der Waals surface area contributed by atoms with E-state index in [2.05, 4.69) is 0 Å². The molecule has 2 nitrogen and oxygen atoms in total. The molecule has 1 aliphatic heterocycles. The molecule has 0 aliphatic carbocycles. The predicted molar refractivity (Wildman–Crippen MR) is 59.5 cm³/mol. The van der Waals surface area contributed by atoms with Crippen molar-refractivity contribution in [3.63, 3.8) is 0 Å². The second kappa shape index (κ2) is 4.51. The summed E-state index contributed by atoms with van der Waals surface area (Å²) in [4.78, 5) is 11.5. The van der Waals surface area contributed by atoms with Crippen LogP contribution in [0.4, 0.5) is 0 Å². The molecule has 1 rings (SSSR count). The van der Waals surface area contributed by atoms with Gasteiger partial charge in [0, 0.05) is 0 Å². The van der Waals surface area contributed by atoms with Gasteiger partial charge in [-0.25, -0.2) is 0 Å². The maximum atomic E-state index is 11.5. The minimum absolute atomic E-state index is 0.208. The lowest BCUT2D eigenvalue weighted by Gasteiger charge is -2.16. The van der Waals surface area contributed by atoms with Crippen molar-refractivity contribution in [3.05, 3.63) is 34.8 Å². The van der Waals surface area contributed by atoms with Crippen LogP contribution in [0, 0.1) is 5.41 Å². The Kier molecular flexibility index (Phi) is 3.58. The summed E-state index contributed by atoms with van der Waals surface area (Å²) in [6.45, 7) is 5.51. The Labute approximate surface area is 88.7 Å². The van der Waals surface area contributed by atoms with E-state index in [1.54, 1.807) is 6.08 Å². The highest BCUT2D eigenvalue weighted by atomic mass is 32.2. The summed E-state index contributed by atoms with van der Waals surface area (Å²) in [6.07, 6.45) is 7.43. The van der Waals surface area contributed by atoms with Gasteiger partial charge < -0.3 is 4.74 Å². The summed E-state index contributed by atoms with van der Waals surface area (Å²) in [5, 5.41) is 2.50. The van der Waals surface area contributed by atoms with Gasteiger partial charge in [-0.2, -0.15) is 0 Å². The molecule has 0 unspecified atom stereocenters. The van der Waals surface area contributed by atoms with Crippen molar-refractivity contribution >= 4 is 17.7 Å². The highest BCUT2D eigenvalue weighted by Gasteiger charge is 2.24. The van der Waals surface area contributed by atoms with Crippen molar-refractivity contribution in [2.75, 3.05) is 0 Å². The van der Waals surface area contributed by atoms with Crippen molar-refractivity contribution in [2.24, 2.45) is 5.41 Å². The molecule has 0 saturated heterocycles. The highest BCUT2D eigenvalue weighted by molar-refractivity contribution is 8.05. The average Bonchev–Trinajstić information content (AvgIpc) is 2.31. The molecule has 0 radical (unpaired) electrons. The molecule has 0 saturated carbocycles. The Hall–Kier alpha value is -0.960. The average molecular weight is 210 g/mol. The fraction of sp³-hybridized carbons (Fsp3) is 0.364. The molecule has 0 N–H and O–H groups in total. The lowest BCUT2D eigenvalue weighted by Crippen LogP contribution is -2.22. The highest BCUT2D eigenvalue weighted by Crippen LogP contribution is 2.25. The number of hydrogen-bond acceptors (Lipinski definition) is 3. The molecule has 1 aliphatic rings. The maximum Gasteiger partial charge on any atom is 0.317 e. The molecule has 76 valence electrons. The molecular formula is C11H14O2S. The van der Waals surface area contributed by atoms with E-state index >= 15 is 0 Å². The lowest BCUT2D eigenvalue weighted by molar-refractivity contribution is -0.147. The van der Waals surface area contributed by atoms with Gasteiger partial charge >= 0.3 is 5.97 Å². The Morgan fingerprint density at radius 3 is 2.64 bits per heavy atom. The second-order valence-corrected chi connectivity index (χ2v) is 4.87. The molecule has 0 bridgehead atoms. The number of hydrogen-bond donors (Lipinski definition) is 0. The quantitative estimate of drug-likeness (QED) is 0.621. The van der Waals surface area contributed by atoms with Gasteiger partial charge in [-0.1, -0.05) is 30.0 Å². The summed E-state index contributed by atoms with van der Waals surface area (Å²) in [7, 11) is 0. The molecule has 14 heavy (non-hydrogen) atoms. The molecule has 0 amide bonds. The van der Waals surface area contributed by atoms with Crippen molar-refractivity contribution in [1.29, 1.82) is 0 Å². The van der Waals surface area contributed by atoms with Gasteiger partial charge in [0.25, 0.3) is 0 Å². The van der Waals surface area contributed by atoms with Crippen LogP contribution in [0.5, 0.6) is 0 Å². The van der Waals surface area contributed by atoms with Gasteiger partial charge in [-0.3, -0.25) is 4.79 Å². The molecule has 1 heterocycles. The summed E-state index contributed by atoms with van der Waals surface area (Å²) >= 11 is 1.40. The van der Waals surface area contributed by atoms with Crippen molar-refractivity contribution in [1.82, 2.24) is 0 Å². The Balaban J connectivity index is 2.61. The first kappa shape index (κ1) is 11.1. The number of thioether (sulfide) groups is 1. The molecule has 0 aromatic rings. The van der Waals surface area contributed by atoms with Crippen LogP contribution < -0.4 is 0 Å². The monoisotopic (exact) mass is 210 g/mol. The zero-order valence-electron chi connectivity index (χ0n) is 8.61. The third kappa shape index (κ3) is 3.42. The molecule has 0 fully saturated rings. The molecule has 0 atom stereocenters. The number of ether oxygens (including phenoxy) is 1. The zero-order valence-corrected chi connectivity index (χ0v) is 9.43. The maximum absolute atomic E-state index is 11.5. The minimum Gasteiger partial charge on any atom is -0.419 e. The van der Waals surface area contributed by atoms with Crippen LogP contribution in [-0.2, 0) is 9.53 Å². The molecular weight excluding hydrogens is 196 g/mol.